The number of para-hydroxylation sites is 1. The van der Waals surface area contributed by atoms with Crippen molar-refractivity contribution in [3.05, 3.63) is 52.7 Å². The topological polar surface area (TPSA) is 77.2 Å². The fraction of sp³-hybridized carbons (Fsp3) is 0.143. The number of rotatable bonds is 4. The minimum Gasteiger partial charge on any atom is -0.496 e. The van der Waals surface area contributed by atoms with Crippen LogP contribution in [0.5, 0.6) is 5.75 Å². The van der Waals surface area contributed by atoms with Crippen molar-refractivity contribution < 1.29 is 9.53 Å². The van der Waals surface area contributed by atoms with Gasteiger partial charge in [0, 0.05) is 18.3 Å². The number of methoxy groups -OCH3 is 1. The molecule has 0 aliphatic heterocycles. The summed E-state index contributed by atoms with van der Waals surface area (Å²) in [7, 11) is 1.58. The Balaban J connectivity index is 2.11. The second-order valence-corrected chi connectivity index (χ2v) is 4.49. The van der Waals surface area contributed by atoms with Crippen molar-refractivity contribution in [3.8, 4) is 5.75 Å². The minimum atomic E-state index is -0.310. The number of pyridine rings is 1. The number of hydrogen-bond donors (Lipinski definition) is 2. The van der Waals surface area contributed by atoms with Crippen molar-refractivity contribution in [1.82, 2.24) is 10.3 Å². The lowest BCUT2D eigenvalue weighted by atomic mass is 10.2. The summed E-state index contributed by atoms with van der Waals surface area (Å²) in [4.78, 5) is 15.9. The number of halogens is 1. The molecule has 0 aliphatic carbocycles. The number of nitrogens with zero attached hydrogens (tertiary/aromatic N) is 1. The Bertz CT molecular complexity index is 632. The lowest BCUT2D eigenvalue weighted by Gasteiger charge is -2.10. The molecule has 0 saturated carbocycles. The minimum absolute atomic E-state index is 0.247. The Hall–Kier alpha value is -2.27. The molecule has 0 bridgehead atoms. The van der Waals surface area contributed by atoms with E-state index in [1.165, 1.54) is 12.3 Å². The average molecular weight is 292 g/mol. The number of benzene rings is 1. The molecule has 0 radical (unpaired) electrons. The molecule has 1 aromatic heterocycles. The molecule has 2 aromatic rings. The molecular weight excluding hydrogens is 278 g/mol. The maximum absolute atomic E-state index is 12.1. The highest BCUT2D eigenvalue weighted by molar-refractivity contribution is 6.33. The molecule has 0 spiro atoms. The van der Waals surface area contributed by atoms with Crippen LogP contribution in [0.4, 0.5) is 5.82 Å². The molecule has 20 heavy (non-hydrogen) atoms. The van der Waals surface area contributed by atoms with Crippen LogP contribution >= 0.6 is 11.6 Å². The van der Waals surface area contributed by atoms with Crippen LogP contribution in [0, 0.1) is 0 Å². The molecule has 0 aliphatic rings. The largest absolute Gasteiger partial charge is 0.496 e. The van der Waals surface area contributed by atoms with E-state index in [1.807, 2.05) is 24.3 Å². The number of carbonyl (C=O) groups excluding carboxylic acids is 1. The Kier molecular flexibility index (Phi) is 4.42. The first-order chi connectivity index (χ1) is 9.61. The van der Waals surface area contributed by atoms with Crippen LogP contribution in [0.25, 0.3) is 0 Å². The fourth-order valence-electron chi connectivity index (χ4n) is 1.75. The van der Waals surface area contributed by atoms with Gasteiger partial charge in [-0.1, -0.05) is 29.8 Å². The maximum atomic E-state index is 12.1. The predicted molar refractivity (Wildman–Crippen MR) is 77.8 cm³/mol. The molecule has 0 fully saturated rings. The Morgan fingerprint density at radius 3 is 2.95 bits per heavy atom. The van der Waals surface area contributed by atoms with Gasteiger partial charge in [-0.3, -0.25) is 4.79 Å². The summed E-state index contributed by atoms with van der Waals surface area (Å²) >= 11 is 5.93. The van der Waals surface area contributed by atoms with E-state index in [9.17, 15) is 4.79 Å². The summed E-state index contributed by atoms with van der Waals surface area (Å²) in [5, 5.41) is 3.03. The van der Waals surface area contributed by atoms with E-state index in [2.05, 4.69) is 10.3 Å². The van der Waals surface area contributed by atoms with Crippen LogP contribution in [-0.2, 0) is 6.54 Å². The van der Waals surface area contributed by atoms with Gasteiger partial charge in [-0.15, -0.1) is 0 Å². The molecule has 0 saturated heterocycles. The van der Waals surface area contributed by atoms with Gasteiger partial charge in [-0.05, 0) is 12.1 Å². The zero-order valence-corrected chi connectivity index (χ0v) is 11.6. The molecule has 1 aromatic carbocycles. The fourth-order valence-corrected chi connectivity index (χ4v) is 1.94. The SMILES string of the molecule is COc1ccccc1CNC(=O)c1cc(N)ncc1Cl. The number of nitrogens with one attached hydrogen (secondary N) is 1. The number of anilines is 1. The number of ether oxygens (including phenoxy) is 1. The van der Waals surface area contributed by atoms with Crippen LogP contribution in [0.2, 0.25) is 5.02 Å². The first kappa shape index (κ1) is 14.1. The molecule has 0 atom stereocenters. The Morgan fingerprint density at radius 1 is 1.45 bits per heavy atom. The van der Waals surface area contributed by atoms with E-state index < -0.39 is 0 Å². The first-order valence-electron chi connectivity index (χ1n) is 5.93. The number of nitrogen functional groups attached to an aromatic ring is 1. The Morgan fingerprint density at radius 2 is 2.20 bits per heavy atom. The van der Waals surface area contributed by atoms with Gasteiger partial charge >= 0.3 is 0 Å². The van der Waals surface area contributed by atoms with Gasteiger partial charge in [0.05, 0.1) is 17.7 Å². The van der Waals surface area contributed by atoms with Crippen molar-refractivity contribution in [3.63, 3.8) is 0 Å². The zero-order valence-electron chi connectivity index (χ0n) is 10.9. The van der Waals surface area contributed by atoms with E-state index in [4.69, 9.17) is 22.1 Å². The summed E-state index contributed by atoms with van der Waals surface area (Å²) in [6, 6.07) is 8.90. The second kappa shape index (κ2) is 6.25. The molecular formula is C14H14ClN3O2. The van der Waals surface area contributed by atoms with Crippen LogP contribution in [-0.4, -0.2) is 18.0 Å². The molecule has 1 heterocycles. The summed E-state index contributed by atoms with van der Waals surface area (Å²) in [6.07, 6.45) is 1.36. The van der Waals surface area contributed by atoms with Gasteiger partial charge in [0.15, 0.2) is 0 Å². The second-order valence-electron chi connectivity index (χ2n) is 4.08. The summed E-state index contributed by atoms with van der Waals surface area (Å²) < 4.78 is 5.22. The number of aromatic nitrogens is 1. The van der Waals surface area contributed by atoms with E-state index >= 15 is 0 Å². The van der Waals surface area contributed by atoms with Gasteiger partial charge < -0.3 is 15.8 Å². The number of nitrogens with two attached hydrogens (primary N) is 1. The monoisotopic (exact) mass is 291 g/mol. The normalized spacial score (nSPS) is 10.1. The van der Waals surface area contributed by atoms with Gasteiger partial charge in [-0.25, -0.2) is 4.98 Å². The number of hydrogen-bond acceptors (Lipinski definition) is 4. The van der Waals surface area contributed by atoms with E-state index in [1.54, 1.807) is 7.11 Å². The third-order valence-electron chi connectivity index (χ3n) is 2.75. The van der Waals surface area contributed by atoms with Gasteiger partial charge in [-0.2, -0.15) is 0 Å². The third kappa shape index (κ3) is 3.19. The van der Waals surface area contributed by atoms with Crippen LogP contribution in [0.15, 0.2) is 36.5 Å². The predicted octanol–water partition coefficient (Wildman–Crippen LogP) is 2.26. The Labute approximate surface area is 121 Å². The average Bonchev–Trinajstić information content (AvgIpc) is 2.47. The molecule has 2 rings (SSSR count). The molecule has 5 nitrogen and oxygen atoms in total. The maximum Gasteiger partial charge on any atom is 0.253 e. The van der Waals surface area contributed by atoms with Crippen molar-refractivity contribution in [2.45, 2.75) is 6.54 Å². The summed E-state index contributed by atoms with van der Waals surface area (Å²) in [5.41, 5.74) is 6.72. The summed E-state index contributed by atoms with van der Waals surface area (Å²) in [6.45, 7) is 0.335. The zero-order chi connectivity index (χ0) is 14.5. The van der Waals surface area contributed by atoms with Gasteiger partial charge in [0.2, 0.25) is 0 Å². The van der Waals surface area contributed by atoms with Crippen molar-refractivity contribution in [2.24, 2.45) is 0 Å². The third-order valence-corrected chi connectivity index (χ3v) is 3.05. The van der Waals surface area contributed by atoms with Crippen molar-refractivity contribution in [2.75, 3.05) is 12.8 Å². The van der Waals surface area contributed by atoms with Crippen molar-refractivity contribution in [1.29, 1.82) is 0 Å². The first-order valence-corrected chi connectivity index (χ1v) is 6.30. The molecule has 104 valence electrons. The van der Waals surface area contributed by atoms with Gasteiger partial charge in [0.25, 0.3) is 5.91 Å². The van der Waals surface area contributed by atoms with Crippen LogP contribution in [0.3, 0.4) is 0 Å². The standard InChI is InChI=1S/C14H14ClN3O2/c1-20-12-5-3-2-4-9(12)7-18-14(19)10-6-13(16)17-8-11(10)15/h2-6,8H,7H2,1H3,(H2,16,17)(H,18,19). The lowest BCUT2D eigenvalue weighted by molar-refractivity contribution is 0.0951. The highest BCUT2D eigenvalue weighted by Crippen LogP contribution is 2.19. The van der Waals surface area contributed by atoms with E-state index in [0.717, 1.165) is 5.56 Å². The molecule has 1 amide bonds. The molecule has 3 N–H and O–H groups in total. The number of carbonyl (C=O) groups is 1. The number of amides is 1. The summed E-state index contributed by atoms with van der Waals surface area (Å²) in [5.74, 6) is 0.653. The smallest absolute Gasteiger partial charge is 0.253 e. The van der Waals surface area contributed by atoms with E-state index in [0.29, 0.717) is 17.9 Å². The van der Waals surface area contributed by atoms with Gasteiger partial charge in [0.1, 0.15) is 11.6 Å². The lowest BCUT2D eigenvalue weighted by Crippen LogP contribution is -2.23. The highest BCUT2D eigenvalue weighted by atomic mass is 35.5. The highest BCUT2D eigenvalue weighted by Gasteiger charge is 2.12. The molecule has 0 unspecified atom stereocenters. The van der Waals surface area contributed by atoms with Crippen molar-refractivity contribution >= 4 is 23.3 Å². The molecule has 6 heteroatoms. The quantitative estimate of drug-likeness (QED) is 0.906. The van der Waals surface area contributed by atoms with Crippen LogP contribution < -0.4 is 15.8 Å². The van der Waals surface area contributed by atoms with E-state index in [-0.39, 0.29) is 16.7 Å². The van der Waals surface area contributed by atoms with Crippen LogP contribution in [0.1, 0.15) is 15.9 Å².